The number of hydrogen-bond acceptors (Lipinski definition) is 3. The Balaban J connectivity index is 2.40. The summed E-state index contributed by atoms with van der Waals surface area (Å²) in [5, 5.41) is 3.02. The van der Waals surface area contributed by atoms with Gasteiger partial charge in [-0.05, 0) is 24.7 Å². The van der Waals surface area contributed by atoms with E-state index in [1.54, 1.807) is 0 Å². The molecule has 0 heterocycles. The van der Waals surface area contributed by atoms with Crippen LogP contribution in [0.5, 0.6) is 5.75 Å². The van der Waals surface area contributed by atoms with Crippen LogP contribution in [0.1, 0.15) is 5.56 Å². The Bertz CT molecular complexity index is 233. The van der Waals surface area contributed by atoms with Crippen molar-refractivity contribution >= 4 is 0 Å². The molecule has 1 aromatic carbocycles. The van der Waals surface area contributed by atoms with E-state index in [0.29, 0.717) is 13.2 Å². The van der Waals surface area contributed by atoms with Crippen molar-refractivity contribution in [3.8, 4) is 5.75 Å². The van der Waals surface area contributed by atoms with E-state index in [1.807, 2.05) is 31.3 Å². The monoisotopic (exact) mass is 180 g/mol. The van der Waals surface area contributed by atoms with Crippen molar-refractivity contribution in [1.29, 1.82) is 0 Å². The van der Waals surface area contributed by atoms with Crippen molar-refractivity contribution in [2.45, 2.75) is 6.54 Å². The van der Waals surface area contributed by atoms with Crippen molar-refractivity contribution in [3.63, 3.8) is 0 Å². The summed E-state index contributed by atoms with van der Waals surface area (Å²) in [5.41, 5.74) is 6.60. The van der Waals surface area contributed by atoms with Crippen molar-refractivity contribution < 1.29 is 4.74 Å². The molecule has 0 spiro atoms. The molecule has 0 unspecified atom stereocenters. The molecule has 3 nitrogen and oxygen atoms in total. The summed E-state index contributed by atoms with van der Waals surface area (Å²) in [6.45, 7) is 2.13. The Kier molecular flexibility index (Phi) is 4.29. The second kappa shape index (κ2) is 5.56. The van der Waals surface area contributed by atoms with E-state index in [1.165, 1.54) is 0 Å². The average Bonchev–Trinajstić information content (AvgIpc) is 2.19. The molecular weight excluding hydrogens is 164 g/mol. The Hall–Kier alpha value is -1.06. The van der Waals surface area contributed by atoms with Crippen molar-refractivity contribution in [3.05, 3.63) is 29.8 Å². The molecule has 72 valence electrons. The Morgan fingerprint density at radius 2 is 2.00 bits per heavy atom. The van der Waals surface area contributed by atoms with Crippen LogP contribution < -0.4 is 15.8 Å². The topological polar surface area (TPSA) is 47.3 Å². The van der Waals surface area contributed by atoms with Gasteiger partial charge in [0.15, 0.2) is 0 Å². The predicted molar refractivity (Wildman–Crippen MR) is 53.8 cm³/mol. The zero-order chi connectivity index (χ0) is 9.52. The number of likely N-dealkylation sites (N-methyl/N-ethyl adjacent to an activating group) is 1. The summed E-state index contributed by atoms with van der Waals surface area (Å²) >= 11 is 0. The van der Waals surface area contributed by atoms with Crippen molar-refractivity contribution in [1.82, 2.24) is 5.32 Å². The normalized spacial score (nSPS) is 10.0. The summed E-state index contributed by atoms with van der Waals surface area (Å²) in [7, 11) is 1.90. The quantitative estimate of drug-likeness (QED) is 0.657. The fourth-order valence-corrected chi connectivity index (χ4v) is 0.993. The van der Waals surface area contributed by atoms with Gasteiger partial charge in [-0.3, -0.25) is 0 Å². The number of nitrogens with two attached hydrogens (primary N) is 1. The maximum atomic E-state index is 5.47. The highest BCUT2D eigenvalue weighted by Crippen LogP contribution is 2.11. The van der Waals surface area contributed by atoms with Crippen LogP contribution in [0.15, 0.2) is 24.3 Å². The molecule has 0 radical (unpaired) electrons. The minimum Gasteiger partial charge on any atom is -0.492 e. The van der Waals surface area contributed by atoms with E-state index in [2.05, 4.69) is 5.32 Å². The molecule has 0 fully saturated rings. The molecule has 13 heavy (non-hydrogen) atoms. The Morgan fingerprint density at radius 3 is 2.54 bits per heavy atom. The zero-order valence-electron chi connectivity index (χ0n) is 7.92. The zero-order valence-corrected chi connectivity index (χ0v) is 7.92. The van der Waals surface area contributed by atoms with Gasteiger partial charge in [-0.15, -0.1) is 0 Å². The molecular formula is C10H16N2O. The van der Waals surface area contributed by atoms with Gasteiger partial charge >= 0.3 is 0 Å². The fraction of sp³-hybridized carbons (Fsp3) is 0.400. The van der Waals surface area contributed by atoms with Gasteiger partial charge in [-0.25, -0.2) is 0 Å². The van der Waals surface area contributed by atoms with Crippen LogP contribution >= 0.6 is 0 Å². The van der Waals surface area contributed by atoms with Crippen LogP contribution in [0.3, 0.4) is 0 Å². The first kappa shape index (κ1) is 10.0. The van der Waals surface area contributed by atoms with E-state index in [9.17, 15) is 0 Å². The molecule has 3 heteroatoms. The van der Waals surface area contributed by atoms with E-state index < -0.39 is 0 Å². The van der Waals surface area contributed by atoms with Crippen LogP contribution in [0.2, 0.25) is 0 Å². The third-order valence-corrected chi connectivity index (χ3v) is 1.78. The second-order valence-corrected chi connectivity index (χ2v) is 2.80. The molecule has 0 saturated carbocycles. The molecule has 0 bridgehead atoms. The van der Waals surface area contributed by atoms with Crippen LogP contribution in [-0.2, 0) is 6.54 Å². The van der Waals surface area contributed by atoms with Gasteiger partial charge in [0, 0.05) is 13.1 Å². The summed E-state index contributed by atoms with van der Waals surface area (Å²) < 4.78 is 5.44. The highest BCUT2D eigenvalue weighted by Gasteiger charge is 1.92. The molecule has 0 aliphatic heterocycles. The number of hydrogen-bond donors (Lipinski definition) is 2. The third kappa shape index (κ3) is 3.44. The van der Waals surface area contributed by atoms with E-state index in [4.69, 9.17) is 10.5 Å². The highest BCUT2D eigenvalue weighted by molar-refractivity contribution is 5.26. The minimum atomic E-state index is 0.580. The molecule has 1 aromatic rings. The van der Waals surface area contributed by atoms with E-state index >= 15 is 0 Å². The molecule has 0 atom stereocenters. The van der Waals surface area contributed by atoms with Gasteiger partial charge in [0.1, 0.15) is 12.4 Å². The number of benzene rings is 1. The lowest BCUT2D eigenvalue weighted by molar-refractivity contribution is 0.318. The lowest BCUT2D eigenvalue weighted by Gasteiger charge is -2.05. The van der Waals surface area contributed by atoms with Gasteiger partial charge in [0.25, 0.3) is 0 Å². The lowest BCUT2D eigenvalue weighted by atomic mass is 10.2. The van der Waals surface area contributed by atoms with Gasteiger partial charge < -0.3 is 15.8 Å². The van der Waals surface area contributed by atoms with Crippen molar-refractivity contribution in [2.24, 2.45) is 5.73 Å². The molecule has 1 rings (SSSR count). The molecule has 3 N–H and O–H groups in total. The van der Waals surface area contributed by atoms with Gasteiger partial charge in [0.2, 0.25) is 0 Å². The summed E-state index contributed by atoms with van der Waals surface area (Å²) in [6.07, 6.45) is 0. The fourth-order valence-electron chi connectivity index (χ4n) is 0.993. The highest BCUT2D eigenvalue weighted by atomic mass is 16.5. The van der Waals surface area contributed by atoms with Gasteiger partial charge in [-0.1, -0.05) is 12.1 Å². The molecule has 0 amide bonds. The maximum absolute atomic E-state index is 5.47. The van der Waals surface area contributed by atoms with Crippen LogP contribution in [0, 0.1) is 0 Å². The van der Waals surface area contributed by atoms with Crippen LogP contribution in [0.4, 0.5) is 0 Å². The standard InChI is InChI=1S/C10H16N2O/c1-12-6-7-13-10-4-2-9(8-11)3-5-10/h2-5,12H,6-8,11H2,1H3. The van der Waals surface area contributed by atoms with E-state index in [0.717, 1.165) is 17.9 Å². The summed E-state index contributed by atoms with van der Waals surface area (Å²) in [5.74, 6) is 0.896. The molecule has 0 saturated heterocycles. The molecule has 0 aromatic heterocycles. The first-order chi connectivity index (χ1) is 6.36. The largest absolute Gasteiger partial charge is 0.492 e. The second-order valence-electron chi connectivity index (χ2n) is 2.80. The lowest BCUT2D eigenvalue weighted by Crippen LogP contribution is -2.15. The average molecular weight is 180 g/mol. The first-order valence-corrected chi connectivity index (χ1v) is 4.43. The number of ether oxygens (including phenoxy) is 1. The Labute approximate surface area is 78.9 Å². The molecule has 0 aliphatic carbocycles. The third-order valence-electron chi connectivity index (χ3n) is 1.78. The van der Waals surface area contributed by atoms with Gasteiger partial charge in [0.05, 0.1) is 0 Å². The van der Waals surface area contributed by atoms with Gasteiger partial charge in [-0.2, -0.15) is 0 Å². The van der Waals surface area contributed by atoms with Crippen molar-refractivity contribution in [2.75, 3.05) is 20.2 Å². The van der Waals surface area contributed by atoms with Crippen LogP contribution in [-0.4, -0.2) is 20.2 Å². The number of nitrogens with one attached hydrogen (secondary N) is 1. The molecule has 0 aliphatic rings. The predicted octanol–water partition coefficient (Wildman–Crippen LogP) is 0.743. The smallest absolute Gasteiger partial charge is 0.119 e. The number of rotatable bonds is 5. The first-order valence-electron chi connectivity index (χ1n) is 4.43. The van der Waals surface area contributed by atoms with E-state index in [-0.39, 0.29) is 0 Å². The van der Waals surface area contributed by atoms with Crippen LogP contribution in [0.25, 0.3) is 0 Å². The summed E-state index contributed by atoms with van der Waals surface area (Å²) in [4.78, 5) is 0. The Morgan fingerprint density at radius 1 is 1.31 bits per heavy atom. The summed E-state index contributed by atoms with van der Waals surface area (Å²) in [6, 6.07) is 7.85. The minimum absolute atomic E-state index is 0.580. The maximum Gasteiger partial charge on any atom is 0.119 e. The SMILES string of the molecule is CNCCOc1ccc(CN)cc1.